The number of fused-ring (bicyclic) bond motifs is 1. The van der Waals surface area contributed by atoms with Crippen LogP contribution in [0.1, 0.15) is 17.3 Å². The van der Waals surface area contributed by atoms with Gasteiger partial charge in [0.25, 0.3) is 5.91 Å². The Morgan fingerprint density at radius 1 is 1.08 bits per heavy atom. The lowest BCUT2D eigenvalue weighted by atomic mass is 10.2. The Bertz CT molecular complexity index is 855. The van der Waals surface area contributed by atoms with Crippen molar-refractivity contribution in [2.45, 2.75) is 13.0 Å². The highest BCUT2D eigenvalue weighted by molar-refractivity contribution is 5.97. The molecule has 1 amide bonds. The monoisotopic (exact) mass is 363 g/mol. The van der Waals surface area contributed by atoms with Crippen molar-refractivity contribution in [2.75, 3.05) is 18.5 Å². The maximum absolute atomic E-state index is 13.6. The minimum atomic E-state index is -1.19. The topological polar surface area (TPSA) is 73.9 Å². The van der Waals surface area contributed by atoms with E-state index in [0.717, 1.165) is 12.1 Å². The first-order valence-corrected chi connectivity index (χ1v) is 7.80. The van der Waals surface area contributed by atoms with Gasteiger partial charge in [0.15, 0.2) is 17.6 Å². The molecule has 6 nitrogen and oxygen atoms in total. The van der Waals surface area contributed by atoms with Gasteiger partial charge in [-0.2, -0.15) is 0 Å². The molecule has 0 fully saturated rings. The van der Waals surface area contributed by atoms with Crippen molar-refractivity contribution >= 4 is 17.6 Å². The Morgan fingerprint density at radius 2 is 1.81 bits per heavy atom. The van der Waals surface area contributed by atoms with Gasteiger partial charge < -0.3 is 19.5 Å². The molecule has 1 aliphatic rings. The van der Waals surface area contributed by atoms with Crippen LogP contribution in [0.2, 0.25) is 0 Å². The van der Waals surface area contributed by atoms with Gasteiger partial charge >= 0.3 is 5.97 Å². The predicted octanol–water partition coefficient (Wildman–Crippen LogP) is 2.92. The predicted molar refractivity (Wildman–Crippen MR) is 87.3 cm³/mol. The maximum Gasteiger partial charge on any atom is 0.341 e. The number of halogens is 2. The number of carbonyl (C=O) groups excluding carboxylic acids is 2. The van der Waals surface area contributed by atoms with E-state index in [9.17, 15) is 18.4 Å². The smallest absolute Gasteiger partial charge is 0.341 e. The number of anilines is 1. The number of esters is 1. The van der Waals surface area contributed by atoms with Gasteiger partial charge in [0, 0.05) is 17.8 Å². The van der Waals surface area contributed by atoms with Gasteiger partial charge in [-0.3, -0.25) is 4.79 Å². The number of nitrogens with one attached hydrogen (secondary N) is 1. The third-order valence-electron chi connectivity index (χ3n) is 3.61. The van der Waals surface area contributed by atoms with Gasteiger partial charge in [-0.25, -0.2) is 13.6 Å². The minimum absolute atomic E-state index is 0.404. The molecule has 1 N–H and O–H groups in total. The van der Waals surface area contributed by atoms with E-state index in [1.54, 1.807) is 18.2 Å². The van der Waals surface area contributed by atoms with E-state index in [1.807, 2.05) is 0 Å². The van der Waals surface area contributed by atoms with Crippen LogP contribution in [0.5, 0.6) is 11.5 Å². The average Bonchev–Trinajstić information content (AvgIpc) is 2.61. The molecule has 0 aliphatic carbocycles. The van der Waals surface area contributed by atoms with Crippen LogP contribution in [0.4, 0.5) is 14.5 Å². The zero-order chi connectivity index (χ0) is 18.7. The summed E-state index contributed by atoms with van der Waals surface area (Å²) < 4.78 is 42.2. The Hall–Kier alpha value is -3.16. The average molecular weight is 363 g/mol. The number of benzene rings is 2. The van der Waals surface area contributed by atoms with Crippen LogP contribution in [0, 0.1) is 11.6 Å². The summed E-state index contributed by atoms with van der Waals surface area (Å²) in [4.78, 5) is 24.1. The molecule has 0 saturated heterocycles. The molecular formula is C18H15F2NO5. The summed E-state index contributed by atoms with van der Waals surface area (Å²) in [7, 11) is 0. The summed E-state index contributed by atoms with van der Waals surface area (Å²) in [5.41, 5.74) is -0.0273. The van der Waals surface area contributed by atoms with Crippen molar-refractivity contribution in [1.29, 1.82) is 0 Å². The second-order valence-electron chi connectivity index (χ2n) is 5.52. The normalized spacial score (nSPS) is 13.7. The van der Waals surface area contributed by atoms with Gasteiger partial charge in [0.05, 0.1) is 5.56 Å². The third-order valence-corrected chi connectivity index (χ3v) is 3.61. The molecule has 26 heavy (non-hydrogen) atoms. The molecule has 8 heteroatoms. The zero-order valence-corrected chi connectivity index (χ0v) is 13.8. The summed E-state index contributed by atoms with van der Waals surface area (Å²) in [6, 6.07) is 7.30. The highest BCUT2D eigenvalue weighted by atomic mass is 19.1. The zero-order valence-electron chi connectivity index (χ0n) is 13.8. The first-order valence-electron chi connectivity index (χ1n) is 7.80. The van der Waals surface area contributed by atoms with Crippen molar-refractivity contribution in [1.82, 2.24) is 0 Å². The molecule has 0 bridgehead atoms. The quantitative estimate of drug-likeness (QED) is 0.846. The fourth-order valence-corrected chi connectivity index (χ4v) is 2.30. The number of amides is 1. The van der Waals surface area contributed by atoms with Crippen LogP contribution >= 0.6 is 0 Å². The lowest BCUT2D eigenvalue weighted by molar-refractivity contribution is -0.123. The lowest BCUT2D eigenvalue weighted by Gasteiger charge is -2.19. The summed E-state index contributed by atoms with van der Waals surface area (Å²) in [5, 5.41) is 2.57. The number of hydrogen-bond acceptors (Lipinski definition) is 5. The van der Waals surface area contributed by atoms with Gasteiger partial charge in [0.2, 0.25) is 0 Å². The van der Waals surface area contributed by atoms with E-state index in [2.05, 4.69) is 5.32 Å². The Kier molecular flexibility index (Phi) is 5.01. The molecule has 0 radical (unpaired) electrons. The third kappa shape index (κ3) is 3.90. The van der Waals surface area contributed by atoms with E-state index in [0.29, 0.717) is 36.5 Å². The second kappa shape index (κ2) is 7.38. The fraction of sp³-hybridized carbons (Fsp3) is 0.222. The van der Waals surface area contributed by atoms with E-state index >= 15 is 0 Å². The van der Waals surface area contributed by atoms with Crippen molar-refractivity contribution in [3.8, 4) is 11.5 Å². The van der Waals surface area contributed by atoms with Crippen LogP contribution < -0.4 is 14.8 Å². The summed E-state index contributed by atoms with van der Waals surface area (Å²) in [6.45, 7) is 2.19. The molecule has 2 aromatic rings. The second-order valence-corrected chi connectivity index (χ2v) is 5.52. The Balaban J connectivity index is 1.63. The molecule has 136 valence electrons. The lowest BCUT2D eigenvalue weighted by Crippen LogP contribution is -2.30. The van der Waals surface area contributed by atoms with E-state index in [4.69, 9.17) is 14.2 Å². The van der Waals surface area contributed by atoms with Crippen molar-refractivity contribution < 1.29 is 32.6 Å². The molecule has 2 aromatic carbocycles. The molecule has 1 unspecified atom stereocenters. The highest BCUT2D eigenvalue weighted by Crippen LogP contribution is 2.32. The summed E-state index contributed by atoms with van der Waals surface area (Å²) >= 11 is 0. The summed E-state index contributed by atoms with van der Waals surface area (Å²) in [6.07, 6.45) is -1.19. The molecule has 0 aromatic heterocycles. The Labute approximate surface area is 147 Å². The van der Waals surface area contributed by atoms with Crippen molar-refractivity contribution in [3.05, 3.63) is 53.6 Å². The van der Waals surface area contributed by atoms with Gasteiger partial charge in [-0.15, -0.1) is 0 Å². The fourth-order valence-electron chi connectivity index (χ4n) is 2.30. The minimum Gasteiger partial charge on any atom is -0.486 e. The number of hydrogen-bond donors (Lipinski definition) is 1. The Morgan fingerprint density at radius 3 is 2.54 bits per heavy atom. The number of ether oxygens (including phenoxy) is 3. The molecule has 1 heterocycles. The molecule has 0 saturated carbocycles. The van der Waals surface area contributed by atoms with Gasteiger partial charge in [-0.1, -0.05) is 0 Å². The van der Waals surface area contributed by atoms with Crippen LogP contribution in [-0.4, -0.2) is 31.2 Å². The van der Waals surface area contributed by atoms with Gasteiger partial charge in [0.1, 0.15) is 24.8 Å². The molecular weight excluding hydrogens is 348 g/mol. The molecule has 1 aliphatic heterocycles. The van der Waals surface area contributed by atoms with E-state index < -0.39 is 35.2 Å². The molecule has 3 rings (SSSR count). The van der Waals surface area contributed by atoms with Gasteiger partial charge in [-0.05, 0) is 31.2 Å². The van der Waals surface area contributed by atoms with Crippen molar-refractivity contribution in [2.24, 2.45) is 0 Å². The van der Waals surface area contributed by atoms with Crippen LogP contribution in [-0.2, 0) is 9.53 Å². The highest BCUT2D eigenvalue weighted by Gasteiger charge is 2.22. The SMILES string of the molecule is CC(OC(=O)c1ccc(F)cc1F)C(=O)Nc1ccc2c(c1)OCCO2. The largest absolute Gasteiger partial charge is 0.486 e. The number of carbonyl (C=O) groups is 2. The van der Waals surface area contributed by atoms with Crippen LogP contribution in [0.25, 0.3) is 0 Å². The van der Waals surface area contributed by atoms with Crippen molar-refractivity contribution in [3.63, 3.8) is 0 Å². The van der Waals surface area contributed by atoms with E-state index in [-0.39, 0.29) is 0 Å². The van der Waals surface area contributed by atoms with Crippen LogP contribution in [0.15, 0.2) is 36.4 Å². The molecule has 1 atom stereocenters. The maximum atomic E-state index is 13.6. The van der Waals surface area contributed by atoms with E-state index in [1.165, 1.54) is 6.92 Å². The first kappa shape index (κ1) is 17.7. The standard InChI is InChI=1S/C18H15F2NO5/c1-10(26-18(23)13-4-2-11(19)8-14(13)20)17(22)21-12-3-5-15-16(9-12)25-7-6-24-15/h2-5,8-10H,6-7H2,1H3,(H,21,22). The first-order chi connectivity index (χ1) is 12.4. The number of rotatable bonds is 4. The molecule has 0 spiro atoms. The van der Waals surface area contributed by atoms with Crippen LogP contribution in [0.3, 0.4) is 0 Å². The summed E-state index contributed by atoms with van der Waals surface area (Å²) in [5.74, 6) is -2.49.